The van der Waals surface area contributed by atoms with Crippen LogP contribution in [0.1, 0.15) is 30.6 Å². The minimum Gasteiger partial charge on any atom is -0.493 e. The van der Waals surface area contributed by atoms with Gasteiger partial charge in [0.2, 0.25) is 5.91 Å². The van der Waals surface area contributed by atoms with Crippen molar-refractivity contribution in [1.82, 2.24) is 15.1 Å². The zero-order valence-electron chi connectivity index (χ0n) is 16.2. The monoisotopic (exact) mass is 441 g/mol. The lowest BCUT2D eigenvalue weighted by atomic mass is 10.1. The highest BCUT2D eigenvalue weighted by atomic mass is 79.9. The Morgan fingerprint density at radius 1 is 1.19 bits per heavy atom. The van der Waals surface area contributed by atoms with Gasteiger partial charge in [-0.3, -0.25) is 14.5 Å². The maximum absolute atomic E-state index is 13.0. The Hall–Kier alpha value is -1.80. The molecule has 1 heterocycles. The number of carbonyl (C=O) groups is 2. The Labute approximate surface area is 169 Å². The summed E-state index contributed by atoms with van der Waals surface area (Å²) in [6, 6.07) is 3.49. The molecule has 150 valence electrons. The Kier molecular flexibility index (Phi) is 8.37. The molecule has 1 aliphatic rings. The number of hydrogen-bond acceptors (Lipinski definition) is 5. The predicted octanol–water partition coefficient (Wildman–Crippen LogP) is 2.14. The first-order chi connectivity index (χ1) is 13.0. The average molecular weight is 442 g/mol. The summed E-state index contributed by atoms with van der Waals surface area (Å²) in [5.74, 6) is 1.11. The zero-order valence-corrected chi connectivity index (χ0v) is 17.8. The van der Waals surface area contributed by atoms with Crippen LogP contribution in [0.15, 0.2) is 16.6 Å². The smallest absolute Gasteiger partial charge is 0.254 e. The molecule has 0 aromatic heterocycles. The van der Waals surface area contributed by atoms with E-state index in [0.717, 1.165) is 13.0 Å². The van der Waals surface area contributed by atoms with Crippen molar-refractivity contribution in [2.75, 3.05) is 53.0 Å². The van der Waals surface area contributed by atoms with E-state index < -0.39 is 0 Å². The number of halogens is 1. The number of nitrogens with zero attached hydrogens (tertiary/aromatic N) is 2. The number of rotatable bonds is 7. The van der Waals surface area contributed by atoms with E-state index in [9.17, 15) is 9.59 Å². The van der Waals surface area contributed by atoms with Crippen LogP contribution in [0.5, 0.6) is 11.5 Å². The molecule has 0 unspecified atom stereocenters. The maximum Gasteiger partial charge on any atom is 0.254 e. The molecule has 0 saturated carbocycles. The lowest BCUT2D eigenvalue weighted by molar-refractivity contribution is -0.122. The lowest BCUT2D eigenvalue weighted by Gasteiger charge is -2.22. The second-order valence-corrected chi connectivity index (χ2v) is 7.15. The van der Waals surface area contributed by atoms with E-state index in [1.165, 1.54) is 0 Å². The molecule has 8 heteroatoms. The molecule has 0 bridgehead atoms. The van der Waals surface area contributed by atoms with Gasteiger partial charge in [0, 0.05) is 38.3 Å². The van der Waals surface area contributed by atoms with Gasteiger partial charge in [0.15, 0.2) is 11.5 Å². The van der Waals surface area contributed by atoms with Gasteiger partial charge in [-0.2, -0.15) is 0 Å². The van der Waals surface area contributed by atoms with Crippen LogP contribution in [0.3, 0.4) is 0 Å². The number of ether oxygens (including phenoxy) is 2. The van der Waals surface area contributed by atoms with Crippen molar-refractivity contribution in [3.8, 4) is 11.5 Å². The Bertz CT molecular complexity index is 669. The fourth-order valence-electron chi connectivity index (χ4n) is 3.10. The van der Waals surface area contributed by atoms with Crippen LogP contribution in [-0.2, 0) is 4.79 Å². The molecule has 2 rings (SSSR count). The van der Waals surface area contributed by atoms with E-state index in [4.69, 9.17) is 9.47 Å². The SMILES string of the molecule is CCNC(=O)CN1CCCN(C(=O)c2cc(Br)c(OCC)c(OC)c2)CC1. The summed E-state index contributed by atoms with van der Waals surface area (Å²) < 4.78 is 11.7. The first-order valence-electron chi connectivity index (χ1n) is 9.28. The van der Waals surface area contributed by atoms with Gasteiger partial charge >= 0.3 is 0 Å². The molecule has 1 saturated heterocycles. The minimum absolute atomic E-state index is 0.0254. The quantitative estimate of drug-likeness (QED) is 0.701. The normalized spacial score (nSPS) is 15.2. The Balaban J connectivity index is 2.07. The van der Waals surface area contributed by atoms with Gasteiger partial charge in [0.1, 0.15) is 0 Å². The van der Waals surface area contributed by atoms with Gasteiger partial charge in [-0.05, 0) is 48.3 Å². The minimum atomic E-state index is -0.0445. The number of amides is 2. The molecule has 2 amide bonds. The van der Waals surface area contributed by atoms with E-state index >= 15 is 0 Å². The summed E-state index contributed by atoms with van der Waals surface area (Å²) in [6.45, 7) is 8.05. The van der Waals surface area contributed by atoms with Crippen molar-refractivity contribution in [2.45, 2.75) is 20.3 Å². The Morgan fingerprint density at radius 2 is 1.96 bits per heavy atom. The maximum atomic E-state index is 13.0. The average Bonchev–Trinajstić information content (AvgIpc) is 2.88. The van der Waals surface area contributed by atoms with Crippen LogP contribution in [0.2, 0.25) is 0 Å². The third-order valence-corrected chi connectivity index (χ3v) is 4.97. The summed E-state index contributed by atoms with van der Waals surface area (Å²) in [5.41, 5.74) is 0.555. The summed E-state index contributed by atoms with van der Waals surface area (Å²) in [5, 5.41) is 2.82. The number of methoxy groups -OCH3 is 1. The van der Waals surface area contributed by atoms with Crippen molar-refractivity contribution >= 4 is 27.7 Å². The molecule has 7 nitrogen and oxygen atoms in total. The second kappa shape index (κ2) is 10.5. The number of nitrogens with one attached hydrogen (secondary N) is 1. The van der Waals surface area contributed by atoms with E-state index in [1.807, 2.05) is 18.7 Å². The molecule has 1 N–H and O–H groups in total. The van der Waals surface area contributed by atoms with Gasteiger partial charge in [-0.15, -0.1) is 0 Å². The predicted molar refractivity (Wildman–Crippen MR) is 108 cm³/mol. The van der Waals surface area contributed by atoms with Crippen molar-refractivity contribution in [3.05, 3.63) is 22.2 Å². The fraction of sp³-hybridized carbons (Fsp3) is 0.579. The molecule has 0 spiro atoms. The highest BCUT2D eigenvalue weighted by molar-refractivity contribution is 9.10. The highest BCUT2D eigenvalue weighted by Crippen LogP contribution is 2.37. The third-order valence-electron chi connectivity index (χ3n) is 4.38. The number of hydrogen-bond donors (Lipinski definition) is 1. The number of benzene rings is 1. The summed E-state index contributed by atoms with van der Waals surface area (Å²) >= 11 is 3.47. The third kappa shape index (κ3) is 5.84. The van der Waals surface area contributed by atoms with Crippen molar-refractivity contribution in [1.29, 1.82) is 0 Å². The van der Waals surface area contributed by atoms with E-state index in [0.29, 0.717) is 60.9 Å². The van der Waals surface area contributed by atoms with Crippen molar-refractivity contribution < 1.29 is 19.1 Å². The van der Waals surface area contributed by atoms with Crippen molar-refractivity contribution in [2.24, 2.45) is 0 Å². The van der Waals surface area contributed by atoms with E-state index in [-0.39, 0.29) is 11.8 Å². The van der Waals surface area contributed by atoms with Crippen LogP contribution >= 0.6 is 15.9 Å². The van der Waals surface area contributed by atoms with Gasteiger partial charge in [-0.25, -0.2) is 0 Å². The topological polar surface area (TPSA) is 71.1 Å². The molecular formula is C19H28BrN3O4. The molecule has 0 atom stereocenters. The van der Waals surface area contributed by atoms with Crippen LogP contribution < -0.4 is 14.8 Å². The molecule has 1 aromatic carbocycles. The van der Waals surface area contributed by atoms with Crippen LogP contribution in [0.25, 0.3) is 0 Å². The van der Waals surface area contributed by atoms with Gasteiger partial charge in [0.05, 0.1) is 24.7 Å². The van der Waals surface area contributed by atoms with Gasteiger partial charge < -0.3 is 19.7 Å². The lowest BCUT2D eigenvalue weighted by Crippen LogP contribution is -2.40. The summed E-state index contributed by atoms with van der Waals surface area (Å²) in [6.07, 6.45) is 0.834. The molecule has 0 aliphatic carbocycles. The molecule has 27 heavy (non-hydrogen) atoms. The number of likely N-dealkylation sites (N-methyl/N-ethyl adjacent to an activating group) is 1. The van der Waals surface area contributed by atoms with Crippen molar-refractivity contribution in [3.63, 3.8) is 0 Å². The zero-order chi connectivity index (χ0) is 19.8. The van der Waals surface area contributed by atoms with E-state index in [2.05, 4.69) is 26.1 Å². The molecule has 1 fully saturated rings. The molecule has 1 aromatic rings. The fourth-order valence-corrected chi connectivity index (χ4v) is 3.66. The second-order valence-electron chi connectivity index (χ2n) is 6.30. The Morgan fingerprint density at radius 3 is 2.63 bits per heavy atom. The first-order valence-corrected chi connectivity index (χ1v) is 10.1. The van der Waals surface area contributed by atoms with Gasteiger partial charge in [-0.1, -0.05) is 0 Å². The number of carbonyl (C=O) groups excluding carboxylic acids is 2. The van der Waals surface area contributed by atoms with Crippen LogP contribution in [-0.4, -0.2) is 74.6 Å². The summed E-state index contributed by atoms with van der Waals surface area (Å²) in [7, 11) is 1.56. The largest absolute Gasteiger partial charge is 0.493 e. The first kappa shape index (κ1) is 21.5. The standard InChI is InChI=1S/C19H28BrN3O4/c1-4-21-17(24)13-22-7-6-8-23(10-9-22)19(25)14-11-15(20)18(27-5-2)16(12-14)26-3/h11-12H,4-10,13H2,1-3H3,(H,21,24). The van der Waals surface area contributed by atoms with Gasteiger partial charge in [0.25, 0.3) is 5.91 Å². The molecule has 1 aliphatic heterocycles. The van der Waals surface area contributed by atoms with Crippen LogP contribution in [0, 0.1) is 0 Å². The summed E-state index contributed by atoms with van der Waals surface area (Å²) in [4.78, 5) is 28.7. The molecular weight excluding hydrogens is 414 g/mol. The highest BCUT2D eigenvalue weighted by Gasteiger charge is 2.23. The molecule has 0 radical (unpaired) electrons. The van der Waals surface area contributed by atoms with E-state index in [1.54, 1.807) is 19.2 Å². The van der Waals surface area contributed by atoms with Crippen LogP contribution in [0.4, 0.5) is 0 Å².